The van der Waals surface area contributed by atoms with Crippen molar-refractivity contribution in [3.63, 3.8) is 0 Å². The van der Waals surface area contributed by atoms with E-state index in [2.05, 4.69) is 61.5 Å². The fraction of sp³-hybridized carbons (Fsp3) is 0.364. The Morgan fingerprint density at radius 1 is 0.960 bits per heavy atom. The maximum absolute atomic E-state index is 13.0. The van der Waals surface area contributed by atoms with E-state index in [1.807, 2.05) is 12.1 Å². The molecule has 0 aliphatic heterocycles. The Hall–Kier alpha value is -1.64. The Balaban J connectivity index is 0.00000225. The molecule has 0 saturated heterocycles. The van der Waals surface area contributed by atoms with Gasteiger partial charge in [-0.1, -0.05) is 54.6 Å². The number of allylic oxidation sites excluding steroid dienone is 1. The third kappa shape index (κ3) is 4.50. The van der Waals surface area contributed by atoms with Gasteiger partial charge in [-0.05, 0) is 69.0 Å². The van der Waals surface area contributed by atoms with Crippen molar-refractivity contribution in [1.29, 1.82) is 0 Å². The van der Waals surface area contributed by atoms with Crippen LogP contribution in [0.3, 0.4) is 0 Å². The van der Waals surface area contributed by atoms with Crippen molar-refractivity contribution in [2.45, 2.75) is 31.2 Å². The predicted molar refractivity (Wildman–Crippen MR) is 106 cm³/mol. The topological polar surface area (TPSA) is 3.24 Å². The first-order chi connectivity index (χ1) is 11.6. The van der Waals surface area contributed by atoms with Crippen molar-refractivity contribution >= 4 is 18.5 Å². The van der Waals surface area contributed by atoms with Crippen LogP contribution in [0.1, 0.15) is 36.8 Å². The molecule has 2 aromatic rings. The lowest BCUT2D eigenvalue weighted by Crippen LogP contribution is -2.44. The fourth-order valence-electron chi connectivity index (χ4n) is 3.87. The van der Waals surface area contributed by atoms with Crippen LogP contribution in [0.25, 0.3) is 6.08 Å². The lowest BCUT2D eigenvalue weighted by molar-refractivity contribution is 0.0863. The fourth-order valence-corrected chi connectivity index (χ4v) is 3.87. The number of hydrogen-bond donors (Lipinski definition) is 0. The number of nitrogens with zero attached hydrogens (tertiary/aromatic N) is 1. The summed E-state index contributed by atoms with van der Waals surface area (Å²) in [6, 6.07) is 17.6. The van der Waals surface area contributed by atoms with E-state index in [4.69, 9.17) is 0 Å². The summed E-state index contributed by atoms with van der Waals surface area (Å²) < 4.78 is 13.0. The minimum atomic E-state index is -0.177. The van der Waals surface area contributed by atoms with Crippen molar-refractivity contribution in [2.75, 3.05) is 14.1 Å². The van der Waals surface area contributed by atoms with Gasteiger partial charge in [-0.3, -0.25) is 4.90 Å². The van der Waals surface area contributed by atoms with E-state index in [1.165, 1.54) is 43.4 Å². The van der Waals surface area contributed by atoms with Crippen LogP contribution in [0.15, 0.2) is 60.7 Å². The van der Waals surface area contributed by atoms with Gasteiger partial charge in [-0.15, -0.1) is 12.4 Å². The van der Waals surface area contributed by atoms with Gasteiger partial charge in [0.25, 0.3) is 0 Å². The first-order valence-electron chi connectivity index (χ1n) is 8.77. The van der Waals surface area contributed by atoms with E-state index in [0.29, 0.717) is 5.92 Å². The molecular formula is C22H27ClFN. The Morgan fingerprint density at radius 3 is 2.12 bits per heavy atom. The maximum atomic E-state index is 13.0. The summed E-state index contributed by atoms with van der Waals surface area (Å²) in [4.78, 5) is 2.39. The van der Waals surface area contributed by atoms with Crippen molar-refractivity contribution in [3.8, 4) is 0 Å². The molecule has 134 valence electrons. The first-order valence-corrected chi connectivity index (χ1v) is 8.77. The standard InChI is InChI=1S/C22H26FN.ClH/c1-24(2)22(20-6-4-3-5-7-20)16-14-19(15-17-22)9-8-18-10-12-21(23)13-11-18;/h3-13,19H,14-17H2,1-2H3;1H. The SMILES string of the molecule is CN(C)C1(c2ccccc2)CCC(C=Cc2ccc(F)cc2)CC1.Cl. The molecule has 3 rings (SSSR count). The van der Waals surface area contributed by atoms with Gasteiger partial charge in [-0.2, -0.15) is 0 Å². The minimum absolute atomic E-state index is 0. The van der Waals surface area contributed by atoms with E-state index in [1.54, 1.807) is 0 Å². The van der Waals surface area contributed by atoms with Crippen LogP contribution in [0.5, 0.6) is 0 Å². The van der Waals surface area contributed by atoms with E-state index in [0.717, 1.165) is 5.56 Å². The quantitative estimate of drug-likeness (QED) is 0.656. The number of halogens is 2. The highest BCUT2D eigenvalue weighted by Gasteiger charge is 2.37. The van der Waals surface area contributed by atoms with Crippen LogP contribution in [0, 0.1) is 11.7 Å². The van der Waals surface area contributed by atoms with Gasteiger partial charge in [0.1, 0.15) is 5.82 Å². The van der Waals surface area contributed by atoms with E-state index in [9.17, 15) is 4.39 Å². The molecule has 0 radical (unpaired) electrons. The summed E-state index contributed by atoms with van der Waals surface area (Å²) >= 11 is 0. The zero-order valence-electron chi connectivity index (χ0n) is 15.0. The molecule has 2 aromatic carbocycles. The van der Waals surface area contributed by atoms with Gasteiger partial charge >= 0.3 is 0 Å². The average Bonchev–Trinajstić information content (AvgIpc) is 2.62. The van der Waals surface area contributed by atoms with Gasteiger partial charge in [-0.25, -0.2) is 4.39 Å². The molecule has 1 fully saturated rings. The summed E-state index contributed by atoms with van der Waals surface area (Å²) in [7, 11) is 4.39. The van der Waals surface area contributed by atoms with Crippen LogP contribution in [0.4, 0.5) is 4.39 Å². The maximum Gasteiger partial charge on any atom is 0.123 e. The van der Waals surface area contributed by atoms with E-state index < -0.39 is 0 Å². The van der Waals surface area contributed by atoms with Crippen LogP contribution >= 0.6 is 12.4 Å². The Morgan fingerprint density at radius 2 is 1.56 bits per heavy atom. The monoisotopic (exact) mass is 359 g/mol. The lowest BCUT2D eigenvalue weighted by atomic mass is 9.72. The molecular weight excluding hydrogens is 333 g/mol. The molecule has 3 heteroatoms. The zero-order chi connectivity index (χ0) is 17.0. The zero-order valence-corrected chi connectivity index (χ0v) is 15.8. The highest BCUT2D eigenvalue weighted by Crippen LogP contribution is 2.43. The minimum Gasteiger partial charge on any atom is -0.300 e. The molecule has 0 unspecified atom stereocenters. The second-order valence-corrected chi connectivity index (χ2v) is 7.04. The van der Waals surface area contributed by atoms with E-state index >= 15 is 0 Å². The van der Waals surface area contributed by atoms with Gasteiger partial charge < -0.3 is 0 Å². The number of hydrogen-bond acceptors (Lipinski definition) is 1. The first kappa shape index (κ1) is 19.7. The summed E-state index contributed by atoms with van der Waals surface area (Å²) in [5.41, 5.74) is 2.65. The Kier molecular flexibility index (Phi) is 6.80. The van der Waals surface area contributed by atoms with Crippen LogP contribution in [0.2, 0.25) is 0 Å². The Labute approximate surface area is 157 Å². The lowest BCUT2D eigenvalue weighted by Gasteiger charge is -2.45. The van der Waals surface area contributed by atoms with Crippen LogP contribution in [-0.4, -0.2) is 19.0 Å². The smallest absolute Gasteiger partial charge is 0.123 e. The summed E-state index contributed by atoms with van der Waals surface area (Å²) in [6.07, 6.45) is 9.15. The van der Waals surface area contributed by atoms with Gasteiger partial charge in [0, 0.05) is 5.54 Å². The van der Waals surface area contributed by atoms with Crippen LogP contribution < -0.4 is 0 Å². The molecule has 0 atom stereocenters. The molecule has 0 heterocycles. The third-order valence-corrected chi connectivity index (χ3v) is 5.46. The highest BCUT2D eigenvalue weighted by molar-refractivity contribution is 5.85. The summed E-state index contributed by atoms with van der Waals surface area (Å²) in [6.45, 7) is 0. The highest BCUT2D eigenvalue weighted by atomic mass is 35.5. The average molecular weight is 360 g/mol. The second kappa shape index (κ2) is 8.64. The van der Waals surface area contributed by atoms with Crippen LogP contribution in [-0.2, 0) is 5.54 Å². The molecule has 1 aliphatic rings. The van der Waals surface area contributed by atoms with Gasteiger partial charge in [0.2, 0.25) is 0 Å². The molecule has 0 bridgehead atoms. The number of rotatable bonds is 4. The van der Waals surface area contributed by atoms with Crippen molar-refractivity contribution in [1.82, 2.24) is 4.90 Å². The molecule has 0 N–H and O–H groups in total. The normalized spacial score (nSPS) is 23.6. The molecule has 25 heavy (non-hydrogen) atoms. The summed E-state index contributed by atoms with van der Waals surface area (Å²) in [5.74, 6) is 0.426. The van der Waals surface area contributed by atoms with Crippen molar-refractivity contribution < 1.29 is 4.39 Å². The third-order valence-electron chi connectivity index (χ3n) is 5.46. The Bertz CT molecular complexity index is 671. The van der Waals surface area contributed by atoms with E-state index in [-0.39, 0.29) is 23.8 Å². The molecule has 0 amide bonds. The molecule has 0 aromatic heterocycles. The molecule has 1 nitrogen and oxygen atoms in total. The number of benzene rings is 2. The van der Waals surface area contributed by atoms with Gasteiger partial charge in [0.15, 0.2) is 0 Å². The largest absolute Gasteiger partial charge is 0.300 e. The predicted octanol–water partition coefficient (Wildman–Crippen LogP) is 5.91. The molecule has 0 spiro atoms. The molecule has 1 saturated carbocycles. The summed E-state index contributed by atoms with van der Waals surface area (Å²) in [5, 5.41) is 0. The van der Waals surface area contributed by atoms with Crippen molar-refractivity contribution in [2.24, 2.45) is 5.92 Å². The van der Waals surface area contributed by atoms with Crippen molar-refractivity contribution in [3.05, 3.63) is 77.6 Å². The molecule has 1 aliphatic carbocycles. The van der Waals surface area contributed by atoms with Gasteiger partial charge in [0.05, 0.1) is 0 Å². The second-order valence-electron chi connectivity index (χ2n) is 7.04.